The second-order valence-electron chi connectivity index (χ2n) is 22.5. The zero-order chi connectivity index (χ0) is 81.0. The normalized spacial score (nSPS) is 15.3. The second kappa shape index (κ2) is 79.7. The summed E-state index contributed by atoms with van der Waals surface area (Å²) < 4.78 is 31.3. The van der Waals surface area contributed by atoms with Crippen LogP contribution < -0.4 is 9.80 Å². The highest BCUT2D eigenvalue weighted by Crippen LogP contribution is 2.15. The van der Waals surface area contributed by atoms with Crippen molar-refractivity contribution >= 4 is 33.7 Å². The molecule has 0 bridgehead atoms. The third-order valence-corrected chi connectivity index (χ3v) is 15.4. The first-order chi connectivity index (χ1) is 51.5. The van der Waals surface area contributed by atoms with Gasteiger partial charge in [-0.3, -0.25) is 4.90 Å². The zero-order valence-corrected chi connectivity index (χ0v) is 73.5. The van der Waals surface area contributed by atoms with Crippen molar-refractivity contribution in [2.75, 3.05) is 188 Å². The number of aryl methyl sites for hydroxylation is 4. The Balaban J connectivity index is -0.000000355. The van der Waals surface area contributed by atoms with E-state index in [9.17, 15) is 8.42 Å². The van der Waals surface area contributed by atoms with Crippen molar-refractivity contribution < 1.29 is 17.0 Å². The lowest BCUT2D eigenvalue weighted by Gasteiger charge is -2.33. The van der Waals surface area contributed by atoms with Crippen LogP contribution in [0, 0.1) is 27.7 Å². The van der Waals surface area contributed by atoms with Crippen molar-refractivity contribution in [1.29, 1.82) is 0 Å². The predicted octanol–water partition coefficient (Wildman–Crippen LogP) is 16.4. The van der Waals surface area contributed by atoms with E-state index in [0.29, 0.717) is 0 Å². The van der Waals surface area contributed by atoms with Crippen LogP contribution in [0.15, 0.2) is 183 Å². The van der Waals surface area contributed by atoms with E-state index in [1.807, 2.05) is 179 Å². The molecule has 0 spiro atoms. The Hall–Kier alpha value is -6.31. The van der Waals surface area contributed by atoms with Crippen molar-refractivity contribution in [3.05, 3.63) is 211 Å². The number of para-hydroxylation sites is 1. The van der Waals surface area contributed by atoms with Crippen LogP contribution >= 0.6 is 0 Å². The molecular weight excluding hydrogens is 1360 g/mol. The van der Waals surface area contributed by atoms with Gasteiger partial charge in [0, 0.05) is 187 Å². The highest BCUT2D eigenvalue weighted by atomic mass is 32.2. The Morgan fingerprint density at radius 3 is 0.830 bits per heavy atom. The minimum atomic E-state index is -1.17. The maximum Gasteiger partial charge on any atom is 0.170 e. The quantitative estimate of drug-likeness (QED) is 0.142. The summed E-state index contributed by atoms with van der Waals surface area (Å²) in [4.78, 5) is 38.7. The van der Waals surface area contributed by atoms with E-state index in [4.69, 9.17) is 8.57 Å². The molecular formula is C85H153N15O4S2. The summed E-state index contributed by atoms with van der Waals surface area (Å²) in [5.41, 5.74) is 5.43. The molecule has 0 saturated carbocycles. The van der Waals surface area contributed by atoms with Crippen LogP contribution in [-0.4, -0.2) is 252 Å². The van der Waals surface area contributed by atoms with Crippen LogP contribution in [0.25, 0.3) is 0 Å². The van der Waals surface area contributed by atoms with Crippen molar-refractivity contribution in [2.24, 2.45) is 0 Å². The number of rotatable bonds is 8. The molecule has 19 nitrogen and oxygen atoms in total. The van der Waals surface area contributed by atoms with Crippen LogP contribution in [0.5, 0.6) is 0 Å². The first-order valence-electron chi connectivity index (χ1n) is 39.2. The lowest BCUT2D eigenvalue weighted by molar-refractivity contribution is -0.0730. The van der Waals surface area contributed by atoms with E-state index >= 15 is 0 Å². The first-order valence-corrected chi connectivity index (χ1v) is 42.2. The van der Waals surface area contributed by atoms with Gasteiger partial charge >= 0.3 is 0 Å². The molecule has 21 heteroatoms. The summed E-state index contributed by atoms with van der Waals surface area (Å²) in [6.07, 6.45) is 11.8. The Bertz CT molecular complexity index is 2600. The van der Waals surface area contributed by atoms with Crippen LogP contribution in [-0.2, 0) is 37.3 Å². The summed E-state index contributed by atoms with van der Waals surface area (Å²) >= 11 is -2.33. The molecule has 106 heavy (non-hydrogen) atoms. The highest BCUT2D eigenvalue weighted by molar-refractivity contribution is 7.79. The lowest BCUT2D eigenvalue weighted by atomic mass is 10.2. The standard InChI is InChI=1S/C12H18N2.C11H16N2.C10H15N3.2C7H8.2C6H14N2O2S.2C5H6N2.8C2H6/c1-13-7-9-14(10-8-13)11-12-5-3-2-4-6-12;1-12-7-9-13(10-8-12)11-5-3-2-4-6-11;1-12-6-8-13(9-7-12)10-4-2-3-5-11-10;2*1-7-5-3-2-4-6-7;2*1-7-3-5-8(6-4-7)10-11(2)9;2*1-5-6-3-2-4-7-5;8*1-2/h2-6H,7-11H2,1H3;2-6H,7-10H2,1H3;2-5H,6-9H2,1H3;2*2-6H,1H3;2*3-6H2,1-2H3;2*2-4H,1H3;8*1-2H3. The van der Waals surface area contributed by atoms with Gasteiger partial charge in [-0.15, -0.1) is 0 Å². The molecule has 7 aromatic rings. The number of hydrogen-bond acceptors (Lipinski definition) is 19. The molecule has 2 unspecified atom stereocenters. The number of anilines is 2. The molecule has 5 fully saturated rings. The van der Waals surface area contributed by atoms with E-state index in [1.54, 1.807) is 59.6 Å². The SMILES string of the molecule is CC.CC.CC.CC.CC.CC.CC.CC.CN1CCN(Cc2ccccc2)CC1.CN1CCN(OS(C)=O)CC1.CN1CCN(OS(C)=O)CC1.CN1CCN(c2ccccc2)CC1.CN1CCN(c2ccccn2)CC1.Cc1ccccc1.Cc1ccccc1.Cc1ncccn1.Cc1ncccn1. The largest absolute Gasteiger partial charge is 0.369 e. The Kier molecular flexibility index (Phi) is 81.4. The molecule has 3 aromatic heterocycles. The molecule has 5 aliphatic heterocycles. The summed E-state index contributed by atoms with van der Waals surface area (Å²) in [6, 6.07) is 51.6. The molecule has 5 saturated heterocycles. The van der Waals surface area contributed by atoms with Gasteiger partial charge in [0.15, 0.2) is 22.2 Å². The van der Waals surface area contributed by atoms with Gasteiger partial charge in [0.05, 0.1) is 0 Å². The smallest absolute Gasteiger partial charge is 0.170 e. The number of likely N-dealkylation sites (N-methyl/N-ethyl adjacent to an activating group) is 5. The second-order valence-corrected chi connectivity index (χ2v) is 24.4. The van der Waals surface area contributed by atoms with Gasteiger partial charge in [0.25, 0.3) is 0 Å². The van der Waals surface area contributed by atoms with Crippen LogP contribution in [0.4, 0.5) is 11.5 Å². The molecule has 604 valence electrons. The van der Waals surface area contributed by atoms with Crippen LogP contribution in [0.1, 0.15) is 139 Å². The maximum absolute atomic E-state index is 10.6. The van der Waals surface area contributed by atoms with Gasteiger partial charge in [-0.1, -0.05) is 237 Å². The maximum atomic E-state index is 10.6. The molecule has 4 aromatic carbocycles. The molecule has 2 atom stereocenters. The van der Waals surface area contributed by atoms with Crippen LogP contribution in [0.3, 0.4) is 0 Å². The van der Waals surface area contributed by atoms with Crippen molar-refractivity contribution in [3.63, 3.8) is 0 Å². The number of nitrogens with zero attached hydrogens (tertiary/aromatic N) is 15. The van der Waals surface area contributed by atoms with Crippen LogP contribution in [0.2, 0.25) is 0 Å². The summed E-state index contributed by atoms with van der Waals surface area (Å²) in [6.45, 7) is 62.2. The van der Waals surface area contributed by atoms with E-state index in [1.165, 1.54) is 61.6 Å². The van der Waals surface area contributed by atoms with Crippen molar-refractivity contribution in [3.8, 4) is 0 Å². The fourth-order valence-corrected chi connectivity index (χ4v) is 9.86. The number of pyridine rings is 1. The monoisotopic (exact) mass is 1510 g/mol. The summed E-state index contributed by atoms with van der Waals surface area (Å²) in [5.74, 6) is 2.75. The highest BCUT2D eigenvalue weighted by Gasteiger charge is 2.18. The first kappa shape index (κ1) is 108. The summed E-state index contributed by atoms with van der Waals surface area (Å²) in [7, 11) is 10.7. The van der Waals surface area contributed by atoms with Gasteiger partial charge in [-0.05, 0) is 105 Å². The van der Waals surface area contributed by atoms with Crippen molar-refractivity contribution in [1.82, 2.24) is 64.4 Å². The van der Waals surface area contributed by atoms with Gasteiger partial charge in [-0.25, -0.2) is 33.3 Å². The van der Waals surface area contributed by atoms with Gasteiger partial charge < -0.3 is 34.3 Å². The minimum Gasteiger partial charge on any atom is -0.369 e. The Labute approximate surface area is 655 Å². The lowest BCUT2D eigenvalue weighted by Crippen LogP contribution is -2.44. The Morgan fingerprint density at radius 1 is 0.302 bits per heavy atom. The third kappa shape index (κ3) is 63.8. The van der Waals surface area contributed by atoms with E-state index in [-0.39, 0.29) is 0 Å². The van der Waals surface area contributed by atoms with E-state index in [2.05, 4.69) is 204 Å². The predicted molar refractivity (Wildman–Crippen MR) is 464 cm³/mol. The average molecular weight is 1510 g/mol. The number of hydrogen-bond donors (Lipinski definition) is 0. The Morgan fingerprint density at radius 2 is 0.566 bits per heavy atom. The fourth-order valence-electron chi connectivity index (χ4n) is 8.97. The van der Waals surface area contributed by atoms with E-state index in [0.717, 1.165) is 116 Å². The average Bonchev–Trinajstić information content (AvgIpc) is 0.887. The molecule has 0 amide bonds. The minimum absolute atomic E-state index is 0.822. The zero-order valence-electron chi connectivity index (χ0n) is 71.8. The molecule has 8 heterocycles. The number of piperazine rings is 5. The molecule has 12 rings (SSSR count). The van der Waals surface area contributed by atoms with Gasteiger partial charge in [0.1, 0.15) is 17.5 Å². The van der Waals surface area contributed by atoms with E-state index < -0.39 is 22.2 Å². The topological polar surface area (TPSA) is 149 Å². The van der Waals surface area contributed by atoms with Crippen molar-refractivity contribution in [2.45, 2.75) is 145 Å². The molecule has 0 N–H and O–H groups in total. The molecule has 0 aliphatic carbocycles. The van der Waals surface area contributed by atoms with Gasteiger partial charge in [0.2, 0.25) is 0 Å². The summed E-state index contributed by atoms with van der Waals surface area (Å²) in [5, 5.41) is 3.52. The molecule has 5 aliphatic rings. The fraction of sp³-hybridized carbons (Fsp3) is 0.565. The number of benzene rings is 4. The number of aromatic nitrogens is 5. The van der Waals surface area contributed by atoms with Gasteiger partial charge in [-0.2, -0.15) is 18.7 Å². The third-order valence-electron chi connectivity index (χ3n) is 14.6. The molecule has 0 radical (unpaired) electrons. The number of hydroxylamine groups is 4.